The molecule has 9 heteroatoms. The maximum absolute atomic E-state index is 12.3. The van der Waals surface area contributed by atoms with Crippen LogP contribution in [0.2, 0.25) is 0 Å². The summed E-state index contributed by atoms with van der Waals surface area (Å²) in [6.07, 6.45) is 0.781. The van der Waals surface area contributed by atoms with Crippen LogP contribution in [0, 0.1) is 0 Å². The van der Waals surface area contributed by atoms with E-state index < -0.39 is 11.9 Å². The molecule has 0 amide bonds. The Kier molecular flexibility index (Phi) is 7.78. The summed E-state index contributed by atoms with van der Waals surface area (Å²) in [6.45, 7) is 9.08. The van der Waals surface area contributed by atoms with Crippen LogP contribution in [0.1, 0.15) is 41.2 Å². The highest BCUT2D eigenvalue weighted by Gasteiger charge is 2.27. The van der Waals surface area contributed by atoms with Crippen molar-refractivity contribution in [2.75, 3.05) is 50.8 Å². The van der Waals surface area contributed by atoms with E-state index in [0.717, 1.165) is 39.1 Å². The normalized spacial score (nSPS) is 14.5. The lowest BCUT2D eigenvalue weighted by molar-refractivity contribution is 0.0466. The lowest BCUT2D eigenvalue weighted by atomic mass is 10.2. The molecule has 30 heavy (non-hydrogen) atoms. The van der Waals surface area contributed by atoms with Crippen molar-refractivity contribution in [2.24, 2.45) is 0 Å². The zero-order valence-electron chi connectivity index (χ0n) is 17.6. The number of piperazine rings is 1. The molecule has 2 heterocycles. The van der Waals surface area contributed by atoms with Gasteiger partial charge in [-0.1, -0.05) is 23.4 Å². The van der Waals surface area contributed by atoms with Gasteiger partial charge in [0, 0.05) is 45.0 Å². The minimum absolute atomic E-state index is 0.0594. The number of aryl methyl sites for hydroxylation is 1. The summed E-state index contributed by atoms with van der Waals surface area (Å²) in [4.78, 5) is 29.2. The van der Waals surface area contributed by atoms with Gasteiger partial charge in [-0.05, 0) is 32.4 Å². The van der Waals surface area contributed by atoms with E-state index in [2.05, 4.69) is 44.4 Å². The molecule has 0 unspecified atom stereocenters. The molecule has 9 nitrogen and oxygen atoms in total. The average molecular weight is 415 g/mol. The molecule has 1 fully saturated rings. The van der Waals surface area contributed by atoms with Crippen molar-refractivity contribution in [3.05, 3.63) is 41.7 Å². The number of esters is 2. The molecule has 0 aliphatic carbocycles. The number of benzene rings is 1. The largest absolute Gasteiger partial charge is 0.461 e. The Hall–Kier alpha value is -2.94. The van der Waals surface area contributed by atoms with Crippen LogP contribution in [0.15, 0.2) is 30.3 Å². The Bertz CT molecular complexity index is 831. The first-order valence-corrected chi connectivity index (χ1v) is 10.4. The van der Waals surface area contributed by atoms with Crippen LogP contribution in [-0.4, -0.2) is 77.8 Å². The van der Waals surface area contributed by atoms with Crippen LogP contribution in [0.5, 0.6) is 0 Å². The highest BCUT2D eigenvalue weighted by Crippen LogP contribution is 2.16. The fourth-order valence-corrected chi connectivity index (χ4v) is 3.52. The van der Waals surface area contributed by atoms with Crippen LogP contribution in [-0.2, 0) is 16.0 Å². The van der Waals surface area contributed by atoms with Crippen LogP contribution in [0.3, 0.4) is 0 Å². The molecule has 162 valence electrons. The molecular formula is C21H29N5O4. The predicted octanol–water partition coefficient (Wildman–Crippen LogP) is 1.84. The molecule has 0 N–H and O–H groups in total. The number of para-hydroxylation sites is 1. The zero-order chi connectivity index (χ0) is 21.3. The molecule has 1 aromatic heterocycles. The zero-order valence-corrected chi connectivity index (χ0v) is 17.6. The van der Waals surface area contributed by atoms with E-state index in [1.54, 1.807) is 13.8 Å². The summed E-state index contributed by atoms with van der Waals surface area (Å²) in [5.41, 5.74) is 1.22. The van der Waals surface area contributed by atoms with Gasteiger partial charge in [-0.3, -0.25) is 4.90 Å². The molecule has 1 saturated heterocycles. The highest BCUT2D eigenvalue weighted by molar-refractivity contribution is 6.00. The van der Waals surface area contributed by atoms with Gasteiger partial charge in [0.15, 0.2) is 5.69 Å². The quantitative estimate of drug-likeness (QED) is 0.573. The third-order valence-electron chi connectivity index (χ3n) is 5.01. The second kappa shape index (κ2) is 10.7. The average Bonchev–Trinajstić information content (AvgIpc) is 3.19. The van der Waals surface area contributed by atoms with Crippen molar-refractivity contribution >= 4 is 17.6 Å². The fraction of sp³-hybridized carbons (Fsp3) is 0.524. The number of nitrogens with zero attached hydrogens (tertiary/aromatic N) is 5. The number of aromatic nitrogens is 3. The van der Waals surface area contributed by atoms with Gasteiger partial charge in [0.1, 0.15) is 0 Å². The number of ether oxygens (including phenoxy) is 2. The number of rotatable bonds is 9. The van der Waals surface area contributed by atoms with Crippen LogP contribution in [0.4, 0.5) is 5.69 Å². The summed E-state index contributed by atoms with van der Waals surface area (Å²) in [5.74, 6) is -1.27. The van der Waals surface area contributed by atoms with Gasteiger partial charge in [-0.25, -0.2) is 14.3 Å². The maximum atomic E-state index is 12.3. The number of carbonyl (C=O) groups is 2. The molecule has 1 aliphatic rings. The SMILES string of the molecule is CCOC(=O)c1nnn(CCCN2CCN(c3ccccc3)CC2)c1C(=O)OCC. The standard InChI is InChI=1S/C21H29N5O4/c1-3-29-20(27)18-19(21(28)30-4-2)26(23-22-18)12-8-11-24-13-15-25(16-14-24)17-9-6-5-7-10-17/h5-7,9-10H,3-4,8,11-16H2,1-2H3. The first-order valence-electron chi connectivity index (χ1n) is 10.4. The van der Waals surface area contributed by atoms with E-state index in [1.807, 2.05) is 6.07 Å². The van der Waals surface area contributed by atoms with Crippen molar-refractivity contribution in [3.8, 4) is 0 Å². The minimum atomic E-state index is -0.663. The molecule has 1 aromatic carbocycles. The van der Waals surface area contributed by atoms with Crippen molar-refractivity contribution in [1.82, 2.24) is 19.9 Å². The summed E-state index contributed by atoms with van der Waals surface area (Å²) < 4.78 is 11.5. The summed E-state index contributed by atoms with van der Waals surface area (Å²) in [6, 6.07) is 10.4. The van der Waals surface area contributed by atoms with E-state index in [0.29, 0.717) is 6.54 Å². The lowest BCUT2D eigenvalue weighted by Gasteiger charge is -2.36. The van der Waals surface area contributed by atoms with Gasteiger partial charge in [0.25, 0.3) is 0 Å². The molecule has 0 saturated carbocycles. The summed E-state index contributed by atoms with van der Waals surface area (Å²) >= 11 is 0. The van der Waals surface area contributed by atoms with Gasteiger partial charge >= 0.3 is 11.9 Å². The first-order chi connectivity index (χ1) is 14.6. The Morgan fingerprint density at radius 1 is 0.933 bits per heavy atom. The Morgan fingerprint density at radius 2 is 1.60 bits per heavy atom. The summed E-state index contributed by atoms with van der Waals surface area (Å²) in [5, 5.41) is 7.86. The highest BCUT2D eigenvalue weighted by atomic mass is 16.5. The number of carbonyl (C=O) groups excluding carboxylic acids is 2. The molecule has 0 bridgehead atoms. The first kappa shape index (κ1) is 21.8. The summed E-state index contributed by atoms with van der Waals surface area (Å²) in [7, 11) is 0. The monoisotopic (exact) mass is 415 g/mol. The van der Waals surface area contributed by atoms with Crippen molar-refractivity contribution < 1.29 is 19.1 Å². The molecule has 0 atom stereocenters. The van der Waals surface area contributed by atoms with Gasteiger partial charge in [-0.2, -0.15) is 0 Å². The second-order valence-corrected chi connectivity index (χ2v) is 6.97. The number of hydrogen-bond acceptors (Lipinski definition) is 8. The molecule has 1 aliphatic heterocycles. The van der Waals surface area contributed by atoms with Crippen molar-refractivity contribution in [2.45, 2.75) is 26.8 Å². The smallest absolute Gasteiger partial charge is 0.361 e. The van der Waals surface area contributed by atoms with Gasteiger partial charge in [0.05, 0.1) is 13.2 Å². The Morgan fingerprint density at radius 3 is 2.27 bits per heavy atom. The van der Waals surface area contributed by atoms with Gasteiger partial charge < -0.3 is 14.4 Å². The minimum Gasteiger partial charge on any atom is -0.461 e. The van der Waals surface area contributed by atoms with Gasteiger partial charge in [0.2, 0.25) is 5.69 Å². The second-order valence-electron chi connectivity index (χ2n) is 6.97. The van der Waals surface area contributed by atoms with E-state index >= 15 is 0 Å². The van der Waals surface area contributed by atoms with Crippen LogP contribution < -0.4 is 4.90 Å². The van der Waals surface area contributed by atoms with E-state index in [1.165, 1.54) is 10.4 Å². The maximum Gasteiger partial charge on any atom is 0.361 e. The fourth-order valence-electron chi connectivity index (χ4n) is 3.52. The number of anilines is 1. The van der Waals surface area contributed by atoms with Gasteiger partial charge in [-0.15, -0.1) is 5.10 Å². The van der Waals surface area contributed by atoms with Crippen LogP contribution >= 0.6 is 0 Å². The Labute approximate surface area is 176 Å². The van der Waals surface area contributed by atoms with E-state index in [4.69, 9.17) is 9.47 Å². The third kappa shape index (κ3) is 5.35. The predicted molar refractivity (Wildman–Crippen MR) is 112 cm³/mol. The molecule has 0 spiro atoms. The van der Waals surface area contributed by atoms with E-state index in [9.17, 15) is 9.59 Å². The van der Waals surface area contributed by atoms with Crippen LogP contribution in [0.25, 0.3) is 0 Å². The lowest BCUT2D eigenvalue weighted by Crippen LogP contribution is -2.46. The van der Waals surface area contributed by atoms with Crippen molar-refractivity contribution in [3.63, 3.8) is 0 Å². The molecular weight excluding hydrogens is 386 g/mol. The molecule has 0 radical (unpaired) electrons. The third-order valence-corrected chi connectivity index (χ3v) is 5.01. The number of hydrogen-bond donors (Lipinski definition) is 0. The molecule has 2 aromatic rings. The van der Waals surface area contributed by atoms with Crippen molar-refractivity contribution in [1.29, 1.82) is 0 Å². The topological polar surface area (TPSA) is 89.8 Å². The Balaban J connectivity index is 1.54. The van der Waals surface area contributed by atoms with E-state index in [-0.39, 0.29) is 24.6 Å². The molecule has 3 rings (SSSR count).